The number of para-hydroxylation sites is 1. The van der Waals surface area contributed by atoms with Gasteiger partial charge in [-0.1, -0.05) is 18.2 Å². The Bertz CT molecular complexity index is 840. The highest BCUT2D eigenvalue weighted by Crippen LogP contribution is 2.41. The first-order chi connectivity index (χ1) is 13.2. The molecule has 0 saturated carbocycles. The van der Waals surface area contributed by atoms with E-state index in [1.165, 1.54) is 36.8 Å². The van der Waals surface area contributed by atoms with Crippen LogP contribution in [0.4, 0.5) is 5.82 Å². The SMILES string of the molecule is Cc1nc2c(c(N3CCCC4(CCOCC4)C3)n1)Cc1ccccc1OC2. The summed E-state index contributed by atoms with van der Waals surface area (Å²) in [5.41, 5.74) is 3.90. The molecule has 1 aromatic carbocycles. The fourth-order valence-electron chi connectivity index (χ4n) is 4.93. The van der Waals surface area contributed by atoms with Gasteiger partial charge >= 0.3 is 0 Å². The minimum absolute atomic E-state index is 0.390. The molecule has 0 radical (unpaired) electrons. The Labute approximate surface area is 160 Å². The first-order valence-corrected chi connectivity index (χ1v) is 10.1. The van der Waals surface area contributed by atoms with Crippen LogP contribution in [-0.2, 0) is 17.8 Å². The minimum atomic E-state index is 0.390. The lowest BCUT2D eigenvalue weighted by molar-refractivity contribution is 0.00743. The van der Waals surface area contributed by atoms with Gasteiger partial charge in [0.05, 0.1) is 5.69 Å². The molecule has 0 atom stereocenters. The normalized spacial score (nSPS) is 21.1. The highest BCUT2D eigenvalue weighted by atomic mass is 16.5. The average molecular weight is 365 g/mol. The molecular weight excluding hydrogens is 338 g/mol. The van der Waals surface area contributed by atoms with Crippen molar-refractivity contribution in [3.05, 3.63) is 46.9 Å². The molecule has 5 rings (SSSR count). The highest BCUT2D eigenvalue weighted by Gasteiger charge is 2.38. The van der Waals surface area contributed by atoms with Crippen molar-refractivity contribution in [3.63, 3.8) is 0 Å². The maximum atomic E-state index is 6.06. The van der Waals surface area contributed by atoms with E-state index in [1.54, 1.807) is 0 Å². The third kappa shape index (κ3) is 3.18. The quantitative estimate of drug-likeness (QED) is 0.772. The van der Waals surface area contributed by atoms with Crippen LogP contribution in [0.15, 0.2) is 24.3 Å². The molecule has 0 N–H and O–H groups in total. The van der Waals surface area contributed by atoms with E-state index in [2.05, 4.69) is 23.1 Å². The molecule has 2 aromatic rings. The molecule has 2 saturated heterocycles. The van der Waals surface area contributed by atoms with Crippen molar-refractivity contribution in [1.29, 1.82) is 0 Å². The first kappa shape index (κ1) is 17.0. The summed E-state index contributed by atoms with van der Waals surface area (Å²) in [5.74, 6) is 2.94. The average Bonchev–Trinajstić information content (AvgIpc) is 2.87. The van der Waals surface area contributed by atoms with Gasteiger partial charge in [0.25, 0.3) is 0 Å². The summed E-state index contributed by atoms with van der Waals surface area (Å²) in [7, 11) is 0. The standard InChI is InChI=1S/C22H27N3O2/c1-16-23-19-14-27-20-6-3-2-5-17(20)13-18(19)21(24-16)25-10-4-7-22(15-25)8-11-26-12-9-22/h2-3,5-6H,4,7-15H2,1H3. The van der Waals surface area contributed by atoms with Gasteiger partial charge in [-0.3, -0.25) is 0 Å². The second kappa shape index (κ2) is 6.79. The number of rotatable bonds is 1. The predicted molar refractivity (Wildman–Crippen MR) is 104 cm³/mol. The Balaban J connectivity index is 1.53. The monoisotopic (exact) mass is 365 g/mol. The molecule has 5 nitrogen and oxygen atoms in total. The van der Waals surface area contributed by atoms with E-state index in [1.807, 2.05) is 13.0 Å². The van der Waals surface area contributed by atoms with Crippen LogP contribution in [0.3, 0.4) is 0 Å². The molecule has 0 bridgehead atoms. The van der Waals surface area contributed by atoms with E-state index >= 15 is 0 Å². The van der Waals surface area contributed by atoms with Gasteiger partial charge in [0.2, 0.25) is 0 Å². The molecule has 3 aliphatic heterocycles. The molecule has 3 aliphatic rings. The lowest BCUT2D eigenvalue weighted by Crippen LogP contribution is -2.47. The van der Waals surface area contributed by atoms with Crippen LogP contribution in [-0.4, -0.2) is 36.3 Å². The van der Waals surface area contributed by atoms with E-state index < -0.39 is 0 Å². The summed E-state index contributed by atoms with van der Waals surface area (Å²) < 4.78 is 11.7. The fraction of sp³-hybridized carbons (Fsp3) is 0.545. The van der Waals surface area contributed by atoms with Crippen LogP contribution in [0.5, 0.6) is 5.75 Å². The second-order valence-corrected chi connectivity index (χ2v) is 8.23. The first-order valence-electron chi connectivity index (χ1n) is 10.1. The Morgan fingerprint density at radius 2 is 1.93 bits per heavy atom. The lowest BCUT2D eigenvalue weighted by Gasteiger charge is -2.46. The molecule has 4 heterocycles. The molecule has 0 unspecified atom stereocenters. The number of hydrogen-bond acceptors (Lipinski definition) is 5. The summed E-state index contributed by atoms with van der Waals surface area (Å²) in [5, 5.41) is 0. The Kier molecular flexibility index (Phi) is 4.27. The van der Waals surface area contributed by atoms with Gasteiger partial charge in [0.15, 0.2) is 0 Å². The second-order valence-electron chi connectivity index (χ2n) is 8.23. The van der Waals surface area contributed by atoms with Gasteiger partial charge < -0.3 is 14.4 Å². The van der Waals surface area contributed by atoms with Crippen LogP contribution in [0.1, 0.15) is 48.3 Å². The van der Waals surface area contributed by atoms with Crippen molar-refractivity contribution >= 4 is 5.82 Å². The molecule has 142 valence electrons. The van der Waals surface area contributed by atoms with E-state index in [0.717, 1.165) is 55.8 Å². The van der Waals surface area contributed by atoms with E-state index in [0.29, 0.717) is 12.0 Å². The number of piperidine rings is 1. The molecule has 0 aliphatic carbocycles. The minimum Gasteiger partial charge on any atom is -0.487 e. The lowest BCUT2D eigenvalue weighted by atomic mass is 9.74. The van der Waals surface area contributed by atoms with Crippen LogP contribution in [0.25, 0.3) is 0 Å². The Hall–Kier alpha value is -2.14. The van der Waals surface area contributed by atoms with Crippen molar-refractivity contribution in [2.45, 2.75) is 45.6 Å². The van der Waals surface area contributed by atoms with E-state index in [4.69, 9.17) is 19.4 Å². The third-order valence-electron chi connectivity index (χ3n) is 6.40. The number of anilines is 1. The van der Waals surface area contributed by atoms with Crippen molar-refractivity contribution in [2.75, 3.05) is 31.2 Å². The summed E-state index contributed by atoms with van der Waals surface area (Å²) >= 11 is 0. The van der Waals surface area contributed by atoms with Crippen LogP contribution in [0, 0.1) is 12.3 Å². The van der Waals surface area contributed by atoms with Gasteiger partial charge in [-0.05, 0) is 49.7 Å². The van der Waals surface area contributed by atoms with Gasteiger partial charge in [-0.25, -0.2) is 9.97 Å². The largest absolute Gasteiger partial charge is 0.487 e. The van der Waals surface area contributed by atoms with Crippen molar-refractivity contribution < 1.29 is 9.47 Å². The zero-order chi connectivity index (χ0) is 18.3. The smallest absolute Gasteiger partial charge is 0.136 e. The molecule has 1 aromatic heterocycles. The molecule has 5 heteroatoms. The molecule has 2 fully saturated rings. The summed E-state index contributed by atoms with van der Waals surface area (Å²) in [6.07, 6.45) is 5.72. The summed E-state index contributed by atoms with van der Waals surface area (Å²) in [4.78, 5) is 12.2. The fourth-order valence-corrected chi connectivity index (χ4v) is 4.93. The molecule has 27 heavy (non-hydrogen) atoms. The summed E-state index contributed by atoms with van der Waals surface area (Å²) in [6, 6.07) is 8.33. The number of hydrogen-bond donors (Lipinski definition) is 0. The molecular formula is C22H27N3O2. The van der Waals surface area contributed by atoms with Gasteiger partial charge in [0.1, 0.15) is 24.0 Å². The maximum absolute atomic E-state index is 6.06. The Morgan fingerprint density at radius 1 is 1.07 bits per heavy atom. The third-order valence-corrected chi connectivity index (χ3v) is 6.40. The van der Waals surface area contributed by atoms with Gasteiger partial charge in [0, 0.05) is 38.3 Å². The number of aromatic nitrogens is 2. The molecule has 0 amide bonds. The van der Waals surface area contributed by atoms with Crippen molar-refractivity contribution in [2.24, 2.45) is 5.41 Å². The van der Waals surface area contributed by atoms with Crippen molar-refractivity contribution in [1.82, 2.24) is 9.97 Å². The maximum Gasteiger partial charge on any atom is 0.136 e. The number of benzene rings is 1. The number of nitrogens with zero attached hydrogens (tertiary/aromatic N) is 3. The van der Waals surface area contributed by atoms with Crippen LogP contribution >= 0.6 is 0 Å². The van der Waals surface area contributed by atoms with E-state index in [9.17, 15) is 0 Å². The molecule has 1 spiro atoms. The number of aryl methyl sites for hydroxylation is 1. The number of fused-ring (bicyclic) bond motifs is 2. The zero-order valence-corrected chi connectivity index (χ0v) is 16.0. The highest BCUT2D eigenvalue weighted by molar-refractivity contribution is 5.54. The van der Waals surface area contributed by atoms with Crippen LogP contribution < -0.4 is 9.64 Å². The van der Waals surface area contributed by atoms with Crippen LogP contribution in [0.2, 0.25) is 0 Å². The Morgan fingerprint density at radius 3 is 2.81 bits per heavy atom. The predicted octanol–water partition coefficient (Wildman–Crippen LogP) is 3.67. The number of ether oxygens (including phenoxy) is 2. The topological polar surface area (TPSA) is 47.5 Å². The van der Waals surface area contributed by atoms with Gasteiger partial charge in [-0.15, -0.1) is 0 Å². The van der Waals surface area contributed by atoms with Gasteiger partial charge in [-0.2, -0.15) is 0 Å². The van der Waals surface area contributed by atoms with Crippen molar-refractivity contribution in [3.8, 4) is 5.75 Å². The van der Waals surface area contributed by atoms with E-state index in [-0.39, 0.29) is 0 Å². The summed E-state index contributed by atoms with van der Waals surface area (Å²) in [6.45, 7) is 6.48. The zero-order valence-electron chi connectivity index (χ0n) is 16.0.